The van der Waals surface area contributed by atoms with Crippen LogP contribution in [0, 0.1) is 0 Å². The average Bonchev–Trinajstić information content (AvgIpc) is 2.21. The summed E-state index contributed by atoms with van der Waals surface area (Å²) in [6.07, 6.45) is 7.89. The molecule has 1 atom stereocenters. The number of hydrogen-bond donors (Lipinski definition) is 0. The number of carbonyl (C=O) groups is 1. The molecule has 17 heavy (non-hydrogen) atoms. The van der Waals surface area contributed by atoms with E-state index in [0.717, 1.165) is 19.5 Å². The average molecular weight is 260 g/mol. The van der Waals surface area contributed by atoms with Crippen LogP contribution in [-0.4, -0.2) is 57.1 Å². The first-order valence-electron chi connectivity index (χ1n) is 6.26. The highest BCUT2D eigenvalue weighted by molar-refractivity contribution is 7.37. The largest absolute Gasteiger partial charge is 0.463 e. The van der Waals surface area contributed by atoms with Crippen LogP contribution in [0.5, 0.6) is 0 Å². The highest BCUT2D eigenvalue weighted by Crippen LogP contribution is 2.13. The van der Waals surface area contributed by atoms with E-state index in [9.17, 15) is 4.79 Å². The van der Waals surface area contributed by atoms with Crippen LogP contribution in [-0.2, 0) is 9.53 Å². The Bertz CT molecular complexity index is 234. The molecule has 0 aliphatic carbocycles. The number of esters is 1. The van der Waals surface area contributed by atoms with Gasteiger partial charge in [-0.05, 0) is 25.9 Å². The van der Waals surface area contributed by atoms with Crippen molar-refractivity contribution in [1.82, 2.24) is 0 Å². The Hall–Kier alpha value is -0.400. The molecule has 0 aromatic heterocycles. The molecular formula is C13H27NO2P+. The summed E-state index contributed by atoms with van der Waals surface area (Å²) in [5.74, 6) is -0.222. The van der Waals surface area contributed by atoms with Crippen LogP contribution in [0.2, 0.25) is 0 Å². The topological polar surface area (TPSA) is 26.3 Å². The Morgan fingerprint density at radius 2 is 1.94 bits per heavy atom. The van der Waals surface area contributed by atoms with E-state index < -0.39 is 0 Å². The van der Waals surface area contributed by atoms with Crippen molar-refractivity contribution in [2.75, 3.05) is 46.6 Å². The number of nitrogens with zero attached hydrogens (tertiary/aromatic N) is 1. The minimum atomic E-state index is -0.222. The summed E-state index contributed by atoms with van der Waals surface area (Å²) in [6, 6.07) is 0. The molecule has 0 spiro atoms. The Morgan fingerprint density at radius 3 is 2.53 bits per heavy atom. The van der Waals surface area contributed by atoms with Crippen molar-refractivity contribution in [3.05, 3.63) is 12.2 Å². The van der Waals surface area contributed by atoms with Crippen molar-refractivity contribution in [3.63, 3.8) is 0 Å². The third-order valence-corrected chi connectivity index (χ3v) is 3.54. The molecule has 4 heteroatoms. The van der Waals surface area contributed by atoms with Crippen LogP contribution < -0.4 is 0 Å². The number of quaternary nitrogens is 1. The predicted molar refractivity (Wildman–Crippen MR) is 76.0 cm³/mol. The Kier molecular flexibility index (Phi) is 9.39. The normalized spacial score (nSPS) is 12.7. The fourth-order valence-electron chi connectivity index (χ4n) is 1.25. The van der Waals surface area contributed by atoms with Crippen LogP contribution in [0.4, 0.5) is 0 Å². The van der Waals surface area contributed by atoms with Crippen LogP contribution in [0.15, 0.2) is 12.2 Å². The zero-order valence-electron chi connectivity index (χ0n) is 11.7. The Morgan fingerprint density at radius 1 is 1.24 bits per heavy atom. The summed E-state index contributed by atoms with van der Waals surface area (Å²) in [4.78, 5) is 11.0. The van der Waals surface area contributed by atoms with Gasteiger partial charge in [-0.3, -0.25) is 0 Å². The molecule has 0 heterocycles. The van der Waals surface area contributed by atoms with Crippen molar-refractivity contribution in [1.29, 1.82) is 0 Å². The smallest absolute Gasteiger partial charge is 0.330 e. The van der Waals surface area contributed by atoms with Crippen molar-refractivity contribution in [2.24, 2.45) is 0 Å². The number of ether oxygens (including phenoxy) is 1. The second-order valence-electron chi connectivity index (χ2n) is 5.14. The first-order valence-corrected chi connectivity index (χ1v) is 7.68. The van der Waals surface area contributed by atoms with Gasteiger partial charge in [0.25, 0.3) is 0 Å². The van der Waals surface area contributed by atoms with Crippen molar-refractivity contribution < 1.29 is 14.0 Å². The van der Waals surface area contributed by atoms with Gasteiger partial charge in [0.1, 0.15) is 0 Å². The van der Waals surface area contributed by atoms with E-state index in [1.165, 1.54) is 31.4 Å². The summed E-state index contributed by atoms with van der Waals surface area (Å²) in [6.45, 7) is 3.62. The minimum absolute atomic E-state index is 0.222. The number of unbranched alkanes of at least 4 members (excludes halogenated alkanes) is 1. The summed E-state index contributed by atoms with van der Waals surface area (Å²) in [5.41, 5.74) is 0. The second kappa shape index (κ2) is 9.61. The molecule has 0 aromatic rings. The fraction of sp³-hybridized carbons (Fsp3) is 0.769. The molecule has 0 saturated carbocycles. The summed E-state index contributed by atoms with van der Waals surface area (Å²) < 4.78 is 6.07. The Labute approximate surface area is 108 Å². The monoisotopic (exact) mass is 260 g/mol. The van der Waals surface area contributed by atoms with Crippen LogP contribution in [0.3, 0.4) is 0 Å². The molecule has 3 nitrogen and oxygen atoms in total. The molecule has 0 rings (SSSR count). The number of allylic oxidation sites excluding steroid dienone is 1. The molecule has 0 aliphatic heterocycles. The van der Waals surface area contributed by atoms with E-state index in [1.54, 1.807) is 6.08 Å². The maximum atomic E-state index is 11.0. The van der Waals surface area contributed by atoms with E-state index in [-0.39, 0.29) is 5.97 Å². The zero-order chi connectivity index (χ0) is 13.1. The van der Waals surface area contributed by atoms with E-state index in [2.05, 4.69) is 21.1 Å². The number of hydrogen-bond acceptors (Lipinski definition) is 2. The fourth-order valence-corrected chi connectivity index (χ4v) is 2.83. The standard InChI is InChI=1S/C13H27NO2P/c1-5-8-13(15)16-10-6-7-11-17-12-9-14(2,3)4/h5,8,17H,6-7,9-12H2,1-4H3/q+1. The van der Waals surface area contributed by atoms with Gasteiger partial charge in [0.2, 0.25) is 0 Å². The molecule has 0 N–H and O–H groups in total. The minimum Gasteiger partial charge on any atom is -0.463 e. The third-order valence-electron chi connectivity index (χ3n) is 2.25. The van der Waals surface area contributed by atoms with Crippen LogP contribution in [0.25, 0.3) is 0 Å². The van der Waals surface area contributed by atoms with E-state index in [4.69, 9.17) is 4.74 Å². The maximum absolute atomic E-state index is 11.0. The van der Waals surface area contributed by atoms with Crippen molar-refractivity contribution in [3.8, 4) is 0 Å². The predicted octanol–water partition coefficient (Wildman–Crippen LogP) is 2.27. The highest BCUT2D eigenvalue weighted by atomic mass is 31.1. The van der Waals surface area contributed by atoms with Gasteiger partial charge < -0.3 is 9.22 Å². The van der Waals surface area contributed by atoms with Gasteiger partial charge in [-0.1, -0.05) is 6.08 Å². The van der Waals surface area contributed by atoms with Crippen molar-refractivity contribution >= 4 is 14.6 Å². The van der Waals surface area contributed by atoms with Gasteiger partial charge in [-0.15, -0.1) is 8.58 Å². The van der Waals surface area contributed by atoms with Gasteiger partial charge in [-0.25, -0.2) is 4.79 Å². The van der Waals surface area contributed by atoms with E-state index >= 15 is 0 Å². The van der Waals surface area contributed by atoms with Crippen LogP contribution >= 0.6 is 8.58 Å². The summed E-state index contributed by atoms with van der Waals surface area (Å²) in [5, 5.41) is 0. The molecule has 100 valence electrons. The zero-order valence-corrected chi connectivity index (χ0v) is 12.7. The van der Waals surface area contributed by atoms with Crippen molar-refractivity contribution in [2.45, 2.75) is 19.8 Å². The SMILES string of the molecule is CC=CC(=O)OCCCCPCC[N+](C)(C)C. The molecule has 0 saturated heterocycles. The van der Waals surface area contributed by atoms with Gasteiger partial charge in [0.05, 0.1) is 34.3 Å². The van der Waals surface area contributed by atoms with Gasteiger partial charge in [-0.2, -0.15) is 0 Å². The lowest BCUT2D eigenvalue weighted by molar-refractivity contribution is -0.867. The first-order chi connectivity index (χ1) is 7.95. The van der Waals surface area contributed by atoms with Gasteiger partial charge in [0.15, 0.2) is 0 Å². The molecule has 0 aromatic carbocycles. The first kappa shape index (κ1) is 16.6. The number of rotatable bonds is 9. The van der Waals surface area contributed by atoms with Gasteiger partial charge >= 0.3 is 5.97 Å². The molecule has 0 aliphatic rings. The molecule has 0 bridgehead atoms. The molecule has 1 unspecified atom stereocenters. The Balaban J connectivity index is 3.22. The number of carbonyl (C=O) groups excluding carboxylic acids is 1. The van der Waals surface area contributed by atoms with E-state index in [1.807, 2.05) is 6.92 Å². The molecule has 0 fully saturated rings. The molecular weight excluding hydrogens is 233 g/mol. The maximum Gasteiger partial charge on any atom is 0.330 e. The van der Waals surface area contributed by atoms with Crippen LogP contribution in [0.1, 0.15) is 19.8 Å². The third kappa shape index (κ3) is 13.5. The second-order valence-corrected chi connectivity index (χ2v) is 6.64. The lowest BCUT2D eigenvalue weighted by Gasteiger charge is -2.23. The highest BCUT2D eigenvalue weighted by Gasteiger charge is 2.04. The molecule has 0 radical (unpaired) electrons. The lowest BCUT2D eigenvalue weighted by atomic mass is 10.4. The van der Waals surface area contributed by atoms with E-state index in [0.29, 0.717) is 6.61 Å². The summed E-state index contributed by atoms with van der Waals surface area (Å²) in [7, 11) is 7.72. The quantitative estimate of drug-likeness (QED) is 0.209. The summed E-state index contributed by atoms with van der Waals surface area (Å²) >= 11 is 0. The molecule has 0 amide bonds. The lowest BCUT2D eigenvalue weighted by Crippen LogP contribution is -2.36. The van der Waals surface area contributed by atoms with Gasteiger partial charge in [0, 0.05) is 12.2 Å².